The SMILES string of the molecule is CC(c1cc2c(C(N)=O)c(Cc3ccc(F)cc3)oc2nc1N(C)S(C)(=O)=O)C(F)(F)F. The molecule has 1 amide bonds. The highest BCUT2D eigenvalue weighted by Crippen LogP contribution is 2.41. The summed E-state index contributed by atoms with van der Waals surface area (Å²) in [6, 6.07) is 6.31. The molecule has 1 atom stereocenters. The molecule has 0 aliphatic carbocycles. The van der Waals surface area contributed by atoms with Crippen LogP contribution in [0, 0.1) is 5.82 Å². The number of pyridine rings is 1. The van der Waals surface area contributed by atoms with Crippen molar-refractivity contribution in [2.75, 3.05) is 17.6 Å². The van der Waals surface area contributed by atoms with Crippen LogP contribution in [0.1, 0.15) is 40.1 Å². The Morgan fingerprint density at radius 2 is 1.84 bits per heavy atom. The zero-order valence-electron chi connectivity index (χ0n) is 17.2. The lowest BCUT2D eigenvalue weighted by atomic mass is 9.98. The molecule has 2 N–H and O–H groups in total. The van der Waals surface area contributed by atoms with Gasteiger partial charge in [-0.2, -0.15) is 18.2 Å². The Morgan fingerprint density at radius 1 is 1.25 bits per heavy atom. The number of hydrogen-bond acceptors (Lipinski definition) is 5. The zero-order valence-corrected chi connectivity index (χ0v) is 18.0. The van der Waals surface area contributed by atoms with E-state index in [1.54, 1.807) is 0 Å². The number of halogens is 4. The Morgan fingerprint density at radius 3 is 2.34 bits per heavy atom. The zero-order chi connectivity index (χ0) is 24.0. The van der Waals surface area contributed by atoms with Crippen molar-refractivity contribution in [3.05, 3.63) is 58.6 Å². The molecule has 12 heteroatoms. The minimum absolute atomic E-state index is 0.0105. The van der Waals surface area contributed by atoms with Crippen LogP contribution in [0.2, 0.25) is 0 Å². The molecule has 172 valence electrons. The van der Waals surface area contributed by atoms with E-state index in [2.05, 4.69) is 4.98 Å². The summed E-state index contributed by atoms with van der Waals surface area (Å²) in [4.78, 5) is 16.2. The average molecular weight is 473 g/mol. The van der Waals surface area contributed by atoms with Crippen molar-refractivity contribution in [2.45, 2.75) is 25.4 Å². The van der Waals surface area contributed by atoms with Crippen molar-refractivity contribution in [3.8, 4) is 0 Å². The van der Waals surface area contributed by atoms with Crippen molar-refractivity contribution in [1.82, 2.24) is 4.98 Å². The first-order valence-corrected chi connectivity index (χ1v) is 11.1. The molecule has 3 rings (SSSR count). The molecule has 0 aliphatic rings. The maximum Gasteiger partial charge on any atom is 0.395 e. The fraction of sp³-hybridized carbons (Fsp3) is 0.300. The van der Waals surface area contributed by atoms with E-state index in [0.29, 0.717) is 9.87 Å². The second kappa shape index (κ2) is 8.08. The number of carbonyl (C=O) groups excluding carboxylic acids is 1. The predicted molar refractivity (Wildman–Crippen MR) is 109 cm³/mol. The molecule has 0 aliphatic heterocycles. The highest BCUT2D eigenvalue weighted by atomic mass is 32.2. The second-order valence-electron chi connectivity index (χ2n) is 7.32. The van der Waals surface area contributed by atoms with Gasteiger partial charge in [0.25, 0.3) is 5.91 Å². The van der Waals surface area contributed by atoms with E-state index in [1.165, 1.54) is 24.3 Å². The van der Waals surface area contributed by atoms with Gasteiger partial charge < -0.3 is 10.2 Å². The Hall–Kier alpha value is -3.15. The number of aromatic nitrogens is 1. The summed E-state index contributed by atoms with van der Waals surface area (Å²) in [7, 11) is -2.90. The smallest absolute Gasteiger partial charge is 0.395 e. The van der Waals surface area contributed by atoms with E-state index in [9.17, 15) is 30.8 Å². The number of sulfonamides is 1. The van der Waals surface area contributed by atoms with Crippen LogP contribution in [-0.2, 0) is 16.4 Å². The van der Waals surface area contributed by atoms with Crippen LogP contribution in [0.4, 0.5) is 23.4 Å². The fourth-order valence-electron chi connectivity index (χ4n) is 3.16. The number of hydrogen-bond donors (Lipinski definition) is 1. The average Bonchev–Trinajstić information content (AvgIpc) is 3.03. The summed E-state index contributed by atoms with van der Waals surface area (Å²) in [5, 5.41) is -0.0774. The van der Waals surface area contributed by atoms with E-state index in [4.69, 9.17) is 10.2 Å². The third kappa shape index (κ3) is 4.54. The molecule has 3 aromatic rings. The third-order valence-electron chi connectivity index (χ3n) is 5.04. The van der Waals surface area contributed by atoms with Gasteiger partial charge in [-0.25, -0.2) is 12.8 Å². The molecule has 0 radical (unpaired) electrons. The molecule has 0 saturated heterocycles. The van der Waals surface area contributed by atoms with Gasteiger partial charge in [-0.15, -0.1) is 0 Å². The molecule has 0 bridgehead atoms. The van der Waals surface area contributed by atoms with Crippen molar-refractivity contribution in [3.63, 3.8) is 0 Å². The van der Waals surface area contributed by atoms with E-state index in [1.807, 2.05) is 0 Å². The molecule has 1 aromatic carbocycles. The lowest BCUT2D eigenvalue weighted by molar-refractivity contribution is -0.146. The van der Waals surface area contributed by atoms with Crippen LogP contribution >= 0.6 is 0 Å². The summed E-state index contributed by atoms with van der Waals surface area (Å²) in [6.07, 6.45) is -3.91. The first-order chi connectivity index (χ1) is 14.7. The van der Waals surface area contributed by atoms with Crippen LogP contribution < -0.4 is 10.0 Å². The lowest BCUT2D eigenvalue weighted by Gasteiger charge is -2.23. The van der Waals surface area contributed by atoms with Crippen molar-refractivity contribution in [1.29, 1.82) is 0 Å². The van der Waals surface area contributed by atoms with Crippen LogP contribution in [0.3, 0.4) is 0 Å². The van der Waals surface area contributed by atoms with Gasteiger partial charge in [0.15, 0.2) is 0 Å². The van der Waals surface area contributed by atoms with Gasteiger partial charge in [0.1, 0.15) is 17.4 Å². The molecular formula is C20H19F4N3O4S. The van der Waals surface area contributed by atoms with Crippen molar-refractivity contribution in [2.24, 2.45) is 5.73 Å². The van der Waals surface area contributed by atoms with Gasteiger partial charge in [0.05, 0.1) is 23.1 Å². The molecule has 0 spiro atoms. The van der Waals surface area contributed by atoms with E-state index < -0.39 is 45.2 Å². The molecule has 2 aromatic heterocycles. The topological polar surface area (TPSA) is 106 Å². The number of anilines is 1. The van der Waals surface area contributed by atoms with Gasteiger partial charge >= 0.3 is 6.18 Å². The normalized spacial score (nSPS) is 13.3. The number of fused-ring (bicyclic) bond motifs is 1. The number of nitrogens with zero attached hydrogens (tertiary/aromatic N) is 2. The Kier molecular flexibility index (Phi) is 5.94. The van der Waals surface area contributed by atoms with Gasteiger partial charge in [0.2, 0.25) is 15.7 Å². The molecule has 0 saturated carbocycles. The highest BCUT2D eigenvalue weighted by Gasteiger charge is 2.40. The minimum Gasteiger partial charge on any atom is -0.441 e. The van der Waals surface area contributed by atoms with E-state index in [0.717, 1.165) is 26.3 Å². The highest BCUT2D eigenvalue weighted by molar-refractivity contribution is 7.92. The van der Waals surface area contributed by atoms with E-state index >= 15 is 0 Å². The maximum atomic E-state index is 13.5. The Bertz CT molecular complexity index is 1280. The van der Waals surface area contributed by atoms with E-state index in [-0.39, 0.29) is 28.8 Å². The molecular weight excluding hydrogens is 454 g/mol. The first kappa shape index (κ1) is 23.5. The third-order valence-corrected chi connectivity index (χ3v) is 6.21. The standard InChI is InChI=1S/C20H19F4N3O4S/c1-10(20(22,23)24)13-9-14-16(17(25)28)15(8-11-4-6-12(21)7-5-11)31-19(14)26-18(13)27(2)32(3,29)30/h4-7,9-10H,8H2,1-3H3,(H2,25,28). The number of amides is 1. The number of primary amides is 1. The summed E-state index contributed by atoms with van der Waals surface area (Å²) >= 11 is 0. The lowest BCUT2D eigenvalue weighted by Crippen LogP contribution is -2.29. The largest absolute Gasteiger partial charge is 0.441 e. The molecule has 2 heterocycles. The van der Waals surface area contributed by atoms with Crippen LogP contribution in [-0.4, -0.2) is 38.8 Å². The van der Waals surface area contributed by atoms with Crippen LogP contribution in [0.5, 0.6) is 0 Å². The Labute approximate surface area is 180 Å². The summed E-state index contributed by atoms with van der Waals surface area (Å²) in [5.41, 5.74) is 5.12. The summed E-state index contributed by atoms with van der Waals surface area (Å²) < 4.78 is 84.0. The number of benzene rings is 1. The second-order valence-corrected chi connectivity index (χ2v) is 9.33. The fourth-order valence-corrected chi connectivity index (χ4v) is 3.62. The molecule has 32 heavy (non-hydrogen) atoms. The molecule has 1 unspecified atom stereocenters. The number of rotatable bonds is 6. The summed E-state index contributed by atoms with van der Waals surface area (Å²) in [5.74, 6) is -4.01. The molecule has 7 nitrogen and oxygen atoms in total. The van der Waals surface area contributed by atoms with Crippen molar-refractivity contribution < 1.29 is 35.2 Å². The predicted octanol–water partition coefficient (Wildman–Crippen LogP) is 3.72. The number of furan rings is 1. The van der Waals surface area contributed by atoms with Gasteiger partial charge in [-0.05, 0) is 30.7 Å². The van der Waals surface area contributed by atoms with Crippen molar-refractivity contribution >= 4 is 32.8 Å². The monoisotopic (exact) mass is 473 g/mol. The van der Waals surface area contributed by atoms with Crippen LogP contribution in [0.25, 0.3) is 11.1 Å². The Balaban J connectivity index is 2.28. The number of nitrogens with two attached hydrogens (primary N) is 1. The van der Waals surface area contributed by atoms with Gasteiger partial charge in [0, 0.05) is 19.0 Å². The first-order valence-electron chi connectivity index (χ1n) is 9.21. The number of alkyl halides is 3. The van der Waals surface area contributed by atoms with Crippen LogP contribution in [0.15, 0.2) is 34.7 Å². The molecule has 0 fully saturated rings. The number of carbonyl (C=O) groups is 1. The summed E-state index contributed by atoms with van der Waals surface area (Å²) in [6.45, 7) is 0.853. The van der Waals surface area contributed by atoms with Gasteiger partial charge in [-0.1, -0.05) is 12.1 Å². The minimum atomic E-state index is -4.71. The van der Waals surface area contributed by atoms with Gasteiger partial charge in [-0.3, -0.25) is 9.10 Å². The maximum absolute atomic E-state index is 13.5. The quantitative estimate of drug-likeness (QED) is 0.550.